The summed E-state index contributed by atoms with van der Waals surface area (Å²) in [4.78, 5) is 29.2. The molecule has 0 bridgehead atoms. The van der Waals surface area contributed by atoms with Crippen LogP contribution in [0.25, 0.3) is 10.8 Å². The number of amides is 3. The largest absolute Gasteiger partial charge is 0.378 e. The van der Waals surface area contributed by atoms with Crippen molar-refractivity contribution in [1.82, 2.24) is 15.1 Å². The average Bonchev–Trinajstić information content (AvgIpc) is 2.82. The topological polar surface area (TPSA) is 87.9 Å². The third kappa shape index (κ3) is 4.57. The Hall–Kier alpha value is -2.64. The zero-order valence-corrected chi connectivity index (χ0v) is 17.3. The smallest absolute Gasteiger partial charge is 0.320 e. The van der Waals surface area contributed by atoms with Crippen LogP contribution in [0.5, 0.6) is 0 Å². The first-order chi connectivity index (χ1) is 14.7. The van der Waals surface area contributed by atoms with Crippen LogP contribution in [0.3, 0.4) is 0 Å². The van der Waals surface area contributed by atoms with Crippen LogP contribution in [-0.4, -0.2) is 67.7 Å². The molecule has 0 spiro atoms. The summed E-state index contributed by atoms with van der Waals surface area (Å²) in [5, 5.41) is 5.43. The number of likely N-dealkylation sites (tertiary alicyclic amines) is 1. The predicted octanol–water partition coefficient (Wildman–Crippen LogP) is 2.12. The molecule has 4 rings (SSSR count). The number of carbonyl (C=O) groups excluding carboxylic acids is 2. The summed E-state index contributed by atoms with van der Waals surface area (Å²) < 4.78 is 5.32. The number of nitrogens with zero attached hydrogens (tertiary/aromatic N) is 2. The third-order valence-corrected chi connectivity index (χ3v) is 6.15. The first kappa shape index (κ1) is 20.6. The molecule has 0 saturated carbocycles. The van der Waals surface area contributed by atoms with Gasteiger partial charge in [-0.1, -0.05) is 36.4 Å². The summed E-state index contributed by atoms with van der Waals surface area (Å²) in [5.74, 6) is -0.0645. The summed E-state index contributed by atoms with van der Waals surface area (Å²) in [7, 11) is 0. The Morgan fingerprint density at radius 3 is 2.37 bits per heavy atom. The minimum Gasteiger partial charge on any atom is -0.378 e. The maximum absolute atomic E-state index is 12.9. The van der Waals surface area contributed by atoms with Crippen LogP contribution in [-0.2, 0) is 9.53 Å². The zero-order chi connectivity index (χ0) is 20.9. The summed E-state index contributed by atoms with van der Waals surface area (Å²) in [6.07, 6.45) is 1.36. The lowest BCUT2D eigenvalue weighted by atomic mass is 9.94. The third-order valence-electron chi connectivity index (χ3n) is 6.15. The molecule has 3 amide bonds. The van der Waals surface area contributed by atoms with Crippen molar-refractivity contribution >= 4 is 22.7 Å². The van der Waals surface area contributed by atoms with Crippen molar-refractivity contribution in [3.05, 3.63) is 48.0 Å². The number of rotatable bonds is 4. The maximum atomic E-state index is 12.9. The number of nitrogens with two attached hydrogens (primary N) is 1. The van der Waals surface area contributed by atoms with Crippen LogP contribution < -0.4 is 11.1 Å². The molecule has 2 fully saturated rings. The molecule has 30 heavy (non-hydrogen) atoms. The van der Waals surface area contributed by atoms with Crippen LogP contribution >= 0.6 is 0 Å². The Morgan fingerprint density at radius 2 is 1.67 bits per heavy atom. The van der Waals surface area contributed by atoms with Gasteiger partial charge in [0.2, 0.25) is 5.91 Å². The first-order valence-corrected chi connectivity index (χ1v) is 10.8. The molecule has 2 aromatic rings. The first-order valence-electron chi connectivity index (χ1n) is 10.8. The van der Waals surface area contributed by atoms with E-state index in [1.54, 1.807) is 0 Å². The molecule has 2 aliphatic rings. The Morgan fingerprint density at radius 1 is 1.00 bits per heavy atom. The summed E-state index contributed by atoms with van der Waals surface area (Å²) >= 11 is 0. The maximum Gasteiger partial charge on any atom is 0.320 e. The van der Waals surface area contributed by atoms with Crippen LogP contribution in [0.2, 0.25) is 0 Å². The van der Waals surface area contributed by atoms with Gasteiger partial charge in [0.05, 0.1) is 19.3 Å². The molecule has 3 N–H and O–H groups in total. The average molecular weight is 411 g/mol. The number of hydrogen-bond donors (Lipinski definition) is 2. The van der Waals surface area contributed by atoms with Crippen LogP contribution in [0.4, 0.5) is 4.79 Å². The highest BCUT2D eigenvalue weighted by Crippen LogP contribution is 2.23. The van der Waals surface area contributed by atoms with Crippen LogP contribution in [0.1, 0.15) is 24.4 Å². The molecule has 2 saturated heterocycles. The van der Waals surface area contributed by atoms with E-state index in [0.717, 1.165) is 10.9 Å². The predicted molar refractivity (Wildman–Crippen MR) is 116 cm³/mol. The van der Waals surface area contributed by atoms with Gasteiger partial charge in [0.15, 0.2) is 0 Å². The Balaban J connectivity index is 1.33. The molecule has 7 nitrogen and oxygen atoms in total. The number of ether oxygens (including phenoxy) is 1. The fourth-order valence-electron chi connectivity index (χ4n) is 4.28. The standard InChI is InChI=1S/C23H30N4O3/c24-16-21(20-6-5-17-3-1-2-4-19(17)15-20)25-22(28)18-7-9-26(10-8-18)23(29)27-11-13-30-14-12-27/h1-6,15,18,21H,7-14,16,24H2,(H,25,28). The lowest BCUT2D eigenvalue weighted by molar-refractivity contribution is -0.127. The highest BCUT2D eigenvalue weighted by Gasteiger charge is 2.31. The van der Waals surface area contributed by atoms with Gasteiger partial charge in [-0.2, -0.15) is 0 Å². The quantitative estimate of drug-likeness (QED) is 0.808. The number of nitrogens with one attached hydrogen (secondary N) is 1. The van der Waals surface area contributed by atoms with E-state index >= 15 is 0 Å². The molecule has 160 valence electrons. The summed E-state index contributed by atoms with van der Waals surface area (Å²) in [5.41, 5.74) is 7.01. The Labute approximate surface area is 177 Å². The van der Waals surface area contributed by atoms with E-state index in [1.807, 2.05) is 28.0 Å². The Bertz CT molecular complexity index is 889. The monoisotopic (exact) mass is 410 g/mol. The van der Waals surface area contributed by atoms with Gasteiger partial charge in [0.25, 0.3) is 0 Å². The second-order valence-corrected chi connectivity index (χ2v) is 8.05. The second kappa shape index (κ2) is 9.45. The molecule has 1 atom stereocenters. The second-order valence-electron chi connectivity index (χ2n) is 8.05. The highest BCUT2D eigenvalue weighted by atomic mass is 16.5. The molecule has 0 aliphatic carbocycles. The molecule has 2 heterocycles. The normalized spacial score (nSPS) is 19.0. The molecule has 0 aromatic heterocycles. The lowest BCUT2D eigenvalue weighted by Gasteiger charge is -2.37. The number of fused-ring (bicyclic) bond motifs is 1. The van der Waals surface area contributed by atoms with E-state index < -0.39 is 0 Å². The van der Waals surface area contributed by atoms with Crippen LogP contribution in [0.15, 0.2) is 42.5 Å². The van der Waals surface area contributed by atoms with Crippen molar-refractivity contribution in [1.29, 1.82) is 0 Å². The van der Waals surface area contributed by atoms with Crippen molar-refractivity contribution in [2.24, 2.45) is 11.7 Å². The van der Waals surface area contributed by atoms with Gasteiger partial charge in [0, 0.05) is 38.6 Å². The molecule has 2 aliphatic heterocycles. The van der Waals surface area contributed by atoms with Crippen molar-refractivity contribution < 1.29 is 14.3 Å². The number of benzene rings is 2. The molecule has 7 heteroatoms. The van der Waals surface area contributed by atoms with Crippen molar-refractivity contribution in [3.63, 3.8) is 0 Å². The van der Waals surface area contributed by atoms with E-state index in [1.165, 1.54) is 5.39 Å². The van der Waals surface area contributed by atoms with Crippen LogP contribution in [0, 0.1) is 5.92 Å². The molecular formula is C23H30N4O3. The van der Waals surface area contributed by atoms with Gasteiger partial charge in [-0.25, -0.2) is 4.79 Å². The summed E-state index contributed by atoms with van der Waals surface area (Å²) in [6.45, 7) is 4.04. The van der Waals surface area contributed by atoms with Gasteiger partial charge >= 0.3 is 6.03 Å². The van der Waals surface area contributed by atoms with E-state index in [9.17, 15) is 9.59 Å². The van der Waals surface area contributed by atoms with Gasteiger partial charge in [-0.05, 0) is 35.2 Å². The van der Waals surface area contributed by atoms with Gasteiger partial charge in [-0.3, -0.25) is 4.79 Å². The zero-order valence-electron chi connectivity index (χ0n) is 17.3. The fourth-order valence-corrected chi connectivity index (χ4v) is 4.28. The molecule has 1 unspecified atom stereocenters. The van der Waals surface area contributed by atoms with E-state index in [-0.39, 0.29) is 23.9 Å². The Kier molecular flexibility index (Phi) is 6.50. The number of urea groups is 1. The number of hydrogen-bond acceptors (Lipinski definition) is 4. The van der Waals surface area contributed by atoms with Gasteiger partial charge in [-0.15, -0.1) is 0 Å². The minimum atomic E-state index is -0.213. The van der Waals surface area contributed by atoms with E-state index in [2.05, 4.69) is 29.6 Å². The lowest BCUT2D eigenvalue weighted by Crippen LogP contribution is -2.51. The van der Waals surface area contributed by atoms with E-state index in [4.69, 9.17) is 10.5 Å². The SMILES string of the molecule is NCC(NC(=O)C1CCN(C(=O)N2CCOCC2)CC1)c1ccc2ccccc2c1. The van der Waals surface area contributed by atoms with Gasteiger partial charge in [0.1, 0.15) is 0 Å². The molecular weight excluding hydrogens is 380 g/mol. The summed E-state index contributed by atoms with van der Waals surface area (Å²) in [6, 6.07) is 14.2. The highest BCUT2D eigenvalue weighted by molar-refractivity contribution is 5.84. The molecule has 0 radical (unpaired) electrons. The minimum absolute atomic E-state index is 0.0251. The van der Waals surface area contributed by atoms with Crippen molar-refractivity contribution in [3.8, 4) is 0 Å². The van der Waals surface area contributed by atoms with Crippen molar-refractivity contribution in [2.75, 3.05) is 45.9 Å². The molecule has 2 aromatic carbocycles. The van der Waals surface area contributed by atoms with Crippen molar-refractivity contribution in [2.45, 2.75) is 18.9 Å². The van der Waals surface area contributed by atoms with Gasteiger partial charge < -0.3 is 25.6 Å². The number of piperidine rings is 1. The van der Waals surface area contributed by atoms with E-state index in [0.29, 0.717) is 58.8 Å². The number of morpholine rings is 1. The fraction of sp³-hybridized carbons (Fsp3) is 0.478. The number of carbonyl (C=O) groups is 2.